The first-order chi connectivity index (χ1) is 8.42. The van der Waals surface area contributed by atoms with Gasteiger partial charge in [0.25, 0.3) is 0 Å². The van der Waals surface area contributed by atoms with Crippen LogP contribution in [0.5, 0.6) is 11.5 Å². The summed E-state index contributed by atoms with van der Waals surface area (Å²) in [6.45, 7) is 0.300. The molecule has 0 N–H and O–H groups in total. The second kappa shape index (κ2) is 4.29. The minimum absolute atomic E-state index is 0.300. The number of hydrogen-bond acceptors (Lipinski definition) is 3. The van der Waals surface area contributed by atoms with Crippen molar-refractivity contribution in [3.05, 3.63) is 54.1 Å². The van der Waals surface area contributed by atoms with Crippen molar-refractivity contribution in [2.24, 2.45) is 4.99 Å². The summed E-state index contributed by atoms with van der Waals surface area (Å²) in [6.07, 6.45) is 1.82. The van der Waals surface area contributed by atoms with Crippen LogP contribution in [0.25, 0.3) is 0 Å². The number of ether oxygens (including phenoxy) is 2. The van der Waals surface area contributed by atoms with E-state index in [-0.39, 0.29) is 0 Å². The maximum atomic E-state index is 5.31. The van der Waals surface area contributed by atoms with Gasteiger partial charge in [0.1, 0.15) is 0 Å². The standard InChI is InChI=1S/C14H11NO2/c1-2-4-12(5-3-1)15-9-11-6-7-13-14(8-11)17-10-16-13/h1-9H,10H2/b15-9+. The Kier molecular flexibility index (Phi) is 2.50. The van der Waals surface area contributed by atoms with Gasteiger partial charge in [-0.3, -0.25) is 4.99 Å². The predicted molar refractivity (Wildman–Crippen MR) is 66.3 cm³/mol. The van der Waals surface area contributed by atoms with Crippen LogP contribution in [-0.2, 0) is 0 Å². The van der Waals surface area contributed by atoms with Gasteiger partial charge in [0.05, 0.1) is 5.69 Å². The fraction of sp³-hybridized carbons (Fsp3) is 0.0714. The maximum Gasteiger partial charge on any atom is 0.231 e. The van der Waals surface area contributed by atoms with E-state index in [1.807, 2.05) is 54.7 Å². The Morgan fingerprint density at radius 1 is 0.941 bits per heavy atom. The second-order valence-corrected chi connectivity index (χ2v) is 3.71. The van der Waals surface area contributed by atoms with Gasteiger partial charge in [0.15, 0.2) is 11.5 Å². The third-order valence-electron chi connectivity index (χ3n) is 2.52. The lowest BCUT2D eigenvalue weighted by Gasteiger charge is -1.97. The lowest BCUT2D eigenvalue weighted by molar-refractivity contribution is 0.174. The molecule has 0 atom stereocenters. The molecule has 17 heavy (non-hydrogen) atoms. The van der Waals surface area contributed by atoms with Crippen molar-refractivity contribution in [3.63, 3.8) is 0 Å². The van der Waals surface area contributed by atoms with Gasteiger partial charge in [-0.2, -0.15) is 0 Å². The van der Waals surface area contributed by atoms with Crippen molar-refractivity contribution >= 4 is 11.9 Å². The molecule has 0 amide bonds. The Morgan fingerprint density at radius 3 is 2.65 bits per heavy atom. The number of nitrogens with zero attached hydrogens (tertiary/aromatic N) is 1. The SMILES string of the molecule is C(=N\c1ccccc1)/c1ccc2c(c1)OCO2. The molecule has 84 valence electrons. The van der Waals surface area contributed by atoms with Crippen LogP contribution < -0.4 is 9.47 Å². The highest BCUT2D eigenvalue weighted by atomic mass is 16.7. The fourth-order valence-electron chi connectivity index (χ4n) is 1.66. The van der Waals surface area contributed by atoms with E-state index in [0.717, 1.165) is 22.7 Å². The van der Waals surface area contributed by atoms with Crippen LogP contribution >= 0.6 is 0 Å². The molecule has 1 heterocycles. The van der Waals surface area contributed by atoms with Crippen LogP contribution in [0.1, 0.15) is 5.56 Å². The van der Waals surface area contributed by atoms with Crippen LogP contribution in [0.15, 0.2) is 53.5 Å². The average Bonchev–Trinajstić information content (AvgIpc) is 2.85. The molecule has 3 nitrogen and oxygen atoms in total. The molecular formula is C14H11NO2. The van der Waals surface area contributed by atoms with E-state index in [2.05, 4.69) is 4.99 Å². The minimum Gasteiger partial charge on any atom is -0.454 e. The Morgan fingerprint density at radius 2 is 1.76 bits per heavy atom. The van der Waals surface area contributed by atoms with E-state index < -0.39 is 0 Å². The topological polar surface area (TPSA) is 30.8 Å². The lowest BCUT2D eigenvalue weighted by Crippen LogP contribution is -1.92. The van der Waals surface area contributed by atoms with Crippen LogP contribution in [-0.4, -0.2) is 13.0 Å². The Hall–Kier alpha value is -2.29. The second-order valence-electron chi connectivity index (χ2n) is 3.71. The number of para-hydroxylation sites is 1. The van der Waals surface area contributed by atoms with Gasteiger partial charge in [0, 0.05) is 6.21 Å². The number of fused-ring (bicyclic) bond motifs is 1. The van der Waals surface area contributed by atoms with Crippen molar-refractivity contribution in [2.75, 3.05) is 6.79 Å². The van der Waals surface area contributed by atoms with E-state index >= 15 is 0 Å². The van der Waals surface area contributed by atoms with Crippen LogP contribution in [0.4, 0.5) is 5.69 Å². The monoisotopic (exact) mass is 225 g/mol. The van der Waals surface area contributed by atoms with Gasteiger partial charge in [-0.25, -0.2) is 0 Å². The highest BCUT2D eigenvalue weighted by molar-refractivity contribution is 5.83. The number of benzene rings is 2. The quantitative estimate of drug-likeness (QED) is 0.735. The van der Waals surface area contributed by atoms with E-state index in [0.29, 0.717) is 6.79 Å². The predicted octanol–water partition coefficient (Wildman–Crippen LogP) is 3.17. The molecule has 0 aliphatic carbocycles. The molecule has 2 aromatic rings. The number of rotatable bonds is 2. The Balaban J connectivity index is 1.84. The first-order valence-electron chi connectivity index (χ1n) is 5.40. The fourth-order valence-corrected chi connectivity index (χ4v) is 1.66. The van der Waals surface area contributed by atoms with Crippen LogP contribution in [0.2, 0.25) is 0 Å². The first-order valence-corrected chi connectivity index (χ1v) is 5.40. The number of aliphatic imine (C=N–C) groups is 1. The molecule has 0 saturated heterocycles. The van der Waals surface area contributed by atoms with Gasteiger partial charge in [-0.05, 0) is 35.9 Å². The van der Waals surface area contributed by atoms with Crippen molar-refractivity contribution in [3.8, 4) is 11.5 Å². The molecule has 1 aliphatic heterocycles. The summed E-state index contributed by atoms with van der Waals surface area (Å²) in [5, 5.41) is 0. The molecule has 1 aliphatic rings. The molecule has 2 aromatic carbocycles. The van der Waals surface area contributed by atoms with E-state index in [1.54, 1.807) is 0 Å². The Labute approximate surface area is 99.3 Å². The maximum absolute atomic E-state index is 5.31. The first kappa shape index (κ1) is 9.90. The summed E-state index contributed by atoms with van der Waals surface area (Å²) < 4.78 is 10.6. The van der Waals surface area contributed by atoms with Crippen molar-refractivity contribution in [1.29, 1.82) is 0 Å². The molecule has 3 rings (SSSR count). The molecule has 0 fully saturated rings. The molecular weight excluding hydrogens is 214 g/mol. The largest absolute Gasteiger partial charge is 0.454 e. The average molecular weight is 225 g/mol. The van der Waals surface area contributed by atoms with E-state index in [1.165, 1.54) is 0 Å². The van der Waals surface area contributed by atoms with Gasteiger partial charge in [-0.1, -0.05) is 18.2 Å². The summed E-state index contributed by atoms with van der Waals surface area (Å²) in [4.78, 5) is 4.38. The number of hydrogen-bond donors (Lipinski definition) is 0. The van der Waals surface area contributed by atoms with E-state index in [4.69, 9.17) is 9.47 Å². The zero-order valence-electron chi connectivity index (χ0n) is 9.17. The molecule has 0 saturated carbocycles. The van der Waals surface area contributed by atoms with Crippen molar-refractivity contribution < 1.29 is 9.47 Å². The van der Waals surface area contributed by atoms with Crippen LogP contribution in [0, 0.1) is 0 Å². The van der Waals surface area contributed by atoms with Gasteiger partial charge in [-0.15, -0.1) is 0 Å². The zero-order valence-corrected chi connectivity index (χ0v) is 9.17. The minimum atomic E-state index is 0.300. The summed E-state index contributed by atoms with van der Waals surface area (Å²) >= 11 is 0. The zero-order chi connectivity index (χ0) is 11.5. The Bertz CT molecular complexity index is 549. The van der Waals surface area contributed by atoms with E-state index in [9.17, 15) is 0 Å². The molecule has 0 bridgehead atoms. The molecule has 0 aromatic heterocycles. The highest BCUT2D eigenvalue weighted by Crippen LogP contribution is 2.32. The van der Waals surface area contributed by atoms with Gasteiger partial charge in [0.2, 0.25) is 6.79 Å². The molecule has 3 heteroatoms. The third-order valence-corrected chi connectivity index (χ3v) is 2.52. The summed E-state index contributed by atoms with van der Waals surface area (Å²) in [5.74, 6) is 1.57. The smallest absolute Gasteiger partial charge is 0.231 e. The van der Waals surface area contributed by atoms with Gasteiger partial charge >= 0.3 is 0 Å². The molecule has 0 unspecified atom stereocenters. The third kappa shape index (κ3) is 2.13. The van der Waals surface area contributed by atoms with Crippen LogP contribution in [0.3, 0.4) is 0 Å². The van der Waals surface area contributed by atoms with Crippen molar-refractivity contribution in [1.82, 2.24) is 0 Å². The summed E-state index contributed by atoms with van der Waals surface area (Å²) in [6, 6.07) is 15.6. The van der Waals surface area contributed by atoms with Gasteiger partial charge < -0.3 is 9.47 Å². The lowest BCUT2D eigenvalue weighted by atomic mass is 10.2. The molecule has 0 spiro atoms. The normalized spacial score (nSPS) is 13.2. The molecule has 0 radical (unpaired) electrons. The summed E-state index contributed by atoms with van der Waals surface area (Å²) in [7, 11) is 0. The summed E-state index contributed by atoms with van der Waals surface area (Å²) in [5.41, 5.74) is 1.93. The highest BCUT2D eigenvalue weighted by Gasteiger charge is 2.12. The van der Waals surface area contributed by atoms with Crippen molar-refractivity contribution in [2.45, 2.75) is 0 Å².